The molecule has 0 saturated carbocycles. The molecule has 1 aromatic rings. The third-order valence-electron chi connectivity index (χ3n) is 4.36. The molecule has 1 fully saturated rings. The fraction of sp³-hybridized carbons (Fsp3) is 0.500. The molecule has 0 aliphatic carbocycles. The Hall–Kier alpha value is -2.09. The molecule has 0 spiro atoms. The van der Waals surface area contributed by atoms with Crippen molar-refractivity contribution in [1.29, 1.82) is 10.5 Å². The van der Waals surface area contributed by atoms with Gasteiger partial charge in [0.1, 0.15) is 6.04 Å². The van der Waals surface area contributed by atoms with Crippen molar-refractivity contribution >= 4 is 27.5 Å². The summed E-state index contributed by atoms with van der Waals surface area (Å²) in [5, 5.41) is 21.2. The quantitative estimate of drug-likeness (QED) is 0.680. The fourth-order valence-electron chi connectivity index (χ4n) is 2.94. The van der Waals surface area contributed by atoms with Gasteiger partial charge in [0, 0.05) is 23.2 Å². The van der Waals surface area contributed by atoms with Crippen molar-refractivity contribution in [2.45, 2.75) is 44.2 Å². The number of amides is 1. The number of nitrogens with one attached hydrogen (secondary N) is 1. The van der Waals surface area contributed by atoms with Gasteiger partial charge in [0.15, 0.2) is 0 Å². The zero-order valence-corrected chi connectivity index (χ0v) is 15.6. The SMILES string of the molecule is N#Cc1ccc(NCCCC[C@H](N)C(=O)N2CCC[C@H]2C#N)c(Br)c1. The number of hydrogen-bond donors (Lipinski definition) is 2. The standard InChI is InChI=1S/C18H22BrN5O/c19-15-10-13(11-20)6-7-17(15)23-8-2-1-5-16(22)18(25)24-9-3-4-14(24)12-21/h6-7,10,14,16,23H,1-5,8-9,22H2/t14-,16-/m0/s1. The number of nitrogens with zero attached hydrogens (tertiary/aromatic N) is 3. The van der Waals surface area contributed by atoms with E-state index in [1.165, 1.54) is 0 Å². The minimum absolute atomic E-state index is 0.105. The first-order chi connectivity index (χ1) is 12.1. The number of nitrogens with two attached hydrogens (primary N) is 1. The van der Waals surface area contributed by atoms with Crippen LogP contribution in [-0.4, -0.2) is 36.0 Å². The van der Waals surface area contributed by atoms with Crippen molar-refractivity contribution in [1.82, 2.24) is 4.90 Å². The molecular formula is C18H22BrN5O. The Morgan fingerprint density at radius 2 is 2.24 bits per heavy atom. The molecule has 1 aliphatic rings. The maximum absolute atomic E-state index is 12.3. The minimum Gasteiger partial charge on any atom is -0.384 e. The van der Waals surface area contributed by atoms with Gasteiger partial charge in [-0.15, -0.1) is 0 Å². The number of rotatable bonds is 7. The Morgan fingerprint density at radius 1 is 1.44 bits per heavy atom. The highest BCUT2D eigenvalue weighted by molar-refractivity contribution is 9.10. The topological polar surface area (TPSA) is 106 Å². The van der Waals surface area contributed by atoms with Crippen LogP contribution in [0.15, 0.2) is 22.7 Å². The van der Waals surface area contributed by atoms with Crippen molar-refractivity contribution in [3.8, 4) is 12.1 Å². The normalized spacial score (nSPS) is 17.6. The molecule has 2 atom stereocenters. The molecule has 0 unspecified atom stereocenters. The van der Waals surface area contributed by atoms with Gasteiger partial charge in [-0.05, 0) is 66.2 Å². The van der Waals surface area contributed by atoms with Crippen LogP contribution >= 0.6 is 15.9 Å². The molecule has 1 aromatic carbocycles. The first-order valence-electron chi connectivity index (χ1n) is 8.46. The smallest absolute Gasteiger partial charge is 0.240 e. The molecular weight excluding hydrogens is 382 g/mol. The summed E-state index contributed by atoms with van der Waals surface area (Å²) in [6, 6.07) is 8.84. The van der Waals surface area contributed by atoms with Crippen LogP contribution < -0.4 is 11.1 Å². The van der Waals surface area contributed by atoms with Crippen molar-refractivity contribution < 1.29 is 4.79 Å². The molecule has 1 aliphatic heterocycles. The molecule has 0 aromatic heterocycles. The van der Waals surface area contributed by atoms with Crippen molar-refractivity contribution in [2.75, 3.05) is 18.4 Å². The van der Waals surface area contributed by atoms with Gasteiger partial charge in [-0.25, -0.2) is 0 Å². The van der Waals surface area contributed by atoms with Gasteiger partial charge in [-0.1, -0.05) is 0 Å². The molecule has 7 heteroatoms. The second kappa shape index (κ2) is 9.41. The van der Waals surface area contributed by atoms with E-state index in [4.69, 9.17) is 16.3 Å². The van der Waals surface area contributed by atoms with E-state index in [2.05, 4.69) is 33.4 Å². The molecule has 6 nitrogen and oxygen atoms in total. The van der Waals surface area contributed by atoms with E-state index in [1.54, 1.807) is 17.0 Å². The first-order valence-corrected chi connectivity index (χ1v) is 9.25. The number of hydrogen-bond acceptors (Lipinski definition) is 5. The zero-order chi connectivity index (χ0) is 18.2. The summed E-state index contributed by atoms with van der Waals surface area (Å²) in [6.45, 7) is 1.40. The summed E-state index contributed by atoms with van der Waals surface area (Å²) >= 11 is 3.44. The highest BCUT2D eigenvalue weighted by Crippen LogP contribution is 2.23. The largest absolute Gasteiger partial charge is 0.384 e. The highest BCUT2D eigenvalue weighted by atomic mass is 79.9. The molecule has 132 valence electrons. The van der Waals surface area contributed by atoms with Gasteiger partial charge in [0.2, 0.25) is 5.91 Å². The van der Waals surface area contributed by atoms with Crippen LogP contribution in [0, 0.1) is 22.7 Å². The first kappa shape index (κ1) is 19.2. The number of carbonyl (C=O) groups is 1. The van der Waals surface area contributed by atoms with E-state index < -0.39 is 6.04 Å². The molecule has 0 radical (unpaired) electrons. The number of benzene rings is 1. The summed E-state index contributed by atoms with van der Waals surface area (Å²) < 4.78 is 0.856. The second-order valence-corrected chi connectivity index (χ2v) is 7.01. The molecule has 3 N–H and O–H groups in total. The Kier molecular flexibility index (Phi) is 7.24. The van der Waals surface area contributed by atoms with Crippen molar-refractivity contribution in [2.24, 2.45) is 5.73 Å². The van der Waals surface area contributed by atoms with Gasteiger partial charge >= 0.3 is 0 Å². The van der Waals surface area contributed by atoms with Crippen molar-refractivity contribution in [3.63, 3.8) is 0 Å². The number of anilines is 1. The van der Waals surface area contributed by atoms with Crippen LogP contribution in [0.5, 0.6) is 0 Å². The highest BCUT2D eigenvalue weighted by Gasteiger charge is 2.31. The second-order valence-electron chi connectivity index (χ2n) is 6.15. The van der Waals surface area contributed by atoms with Gasteiger partial charge in [0.25, 0.3) is 0 Å². The summed E-state index contributed by atoms with van der Waals surface area (Å²) in [6.07, 6.45) is 3.95. The Labute approximate surface area is 156 Å². The number of unbranched alkanes of at least 4 members (excludes halogenated alkanes) is 1. The fourth-order valence-corrected chi connectivity index (χ4v) is 3.46. The van der Waals surface area contributed by atoms with Gasteiger partial charge < -0.3 is 16.0 Å². The average molecular weight is 404 g/mol. The molecule has 0 bridgehead atoms. The lowest BCUT2D eigenvalue weighted by atomic mass is 10.1. The van der Waals surface area contributed by atoms with Gasteiger partial charge in [-0.2, -0.15) is 10.5 Å². The predicted octanol–water partition coefficient (Wildman–Crippen LogP) is 2.74. The monoisotopic (exact) mass is 403 g/mol. The van der Waals surface area contributed by atoms with E-state index in [1.807, 2.05) is 6.07 Å². The summed E-state index contributed by atoms with van der Waals surface area (Å²) in [7, 11) is 0. The molecule has 2 rings (SSSR count). The lowest BCUT2D eigenvalue weighted by molar-refractivity contribution is -0.132. The van der Waals surface area contributed by atoms with Gasteiger partial charge in [-0.3, -0.25) is 4.79 Å². The van der Waals surface area contributed by atoms with E-state index in [-0.39, 0.29) is 11.9 Å². The van der Waals surface area contributed by atoms with Gasteiger partial charge in [0.05, 0.1) is 23.7 Å². The van der Waals surface area contributed by atoms with E-state index >= 15 is 0 Å². The van der Waals surface area contributed by atoms with E-state index in [0.717, 1.165) is 42.4 Å². The Morgan fingerprint density at radius 3 is 2.92 bits per heavy atom. The maximum atomic E-state index is 12.3. The summed E-state index contributed by atoms with van der Waals surface area (Å²) in [5.41, 5.74) is 7.55. The molecule has 25 heavy (non-hydrogen) atoms. The molecule has 1 heterocycles. The third kappa shape index (κ3) is 5.19. The Bertz CT molecular complexity index is 694. The predicted molar refractivity (Wildman–Crippen MR) is 99.5 cm³/mol. The number of nitriles is 2. The molecule has 1 amide bonds. The summed E-state index contributed by atoms with van der Waals surface area (Å²) in [4.78, 5) is 13.9. The average Bonchev–Trinajstić information content (AvgIpc) is 3.10. The van der Waals surface area contributed by atoms with Crippen LogP contribution in [-0.2, 0) is 4.79 Å². The maximum Gasteiger partial charge on any atom is 0.240 e. The molecule has 1 saturated heterocycles. The van der Waals surface area contributed by atoms with Crippen LogP contribution in [0.4, 0.5) is 5.69 Å². The summed E-state index contributed by atoms with van der Waals surface area (Å²) in [5.74, 6) is -0.105. The van der Waals surface area contributed by atoms with Crippen molar-refractivity contribution in [3.05, 3.63) is 28.2 Å². The number of halogens is 1. The Balaban J connectivity index is 1.70. The number of carbonyl (C=O) groups excluding carboxylic acids is 1. The zero-order valence-electron chi connectivity index (χ0n) is 14.0. The van der Waals surface area contributed by atoms with Crippen LogP contribution in [0.25, 0.3) is 0 Å². The lowest BCUT2D eigenvalue weighted by Crippen LogP contribution is -2.45. The van der Waals surface area contributed by atoms with Crippen LogP contribution in [0.2, 0.25) is 0 Å². The van der Waals surface area contributed by atoms with Crippen LogP contribution in [0.3, 0.4) is 0 Å². The number of likely N-dealkylation sites (tertiary alicyclic amines) is 1. The third-order valence-corrected chi connectivity index (χ3v) is 5.01. The van der Waals surface area contributed by atoms with E-state index in [9.17, 15) is 4.79 Å². The van der Waals surface area contributed by atoms with Crippen LogP contribution in [0.1, 0.15) is 37.7 Å². The minimum atomic E-state index is -0.532. The van der Waals surface area contributed by atoms with E-state index in [0.29, 0.717) is 18.5 Å². The lowest BCUT2D eigenvalue weighted by Gasteiger charge is -2.23.